The van der Waals surface area contributed by atoms with E-state index in [1.807, 2.05) is 0 Å². The fraction of sp³-hybridized carbons (Fsp3) is 0.600. The summed E-state index contributed by atoms with van der Waals surface area (Å²) in [5, 5.41) is 9.03. The molecule has 0 aromatic heterocycles. The normalized spacial score (nSPS) is 23.2. The summed E-state index contributed by atoms with van der Waals surface area (Å²) in [6.45, 7) is 1.64. The van der Waals surface area contributed by atoms with E-state index in [1.54, 1.807) is 0 Å². The van der Waals surface area contributed by atoms with Crippen LogP contribution in [0, 0.1) is 11.7 Å². The van der Waals surface area contributed by atoms with Crippen molar-refractivity contribution >= 4 is 10.0 Å². The standard InChI is InChI=1S/C15H22FNO3S/c1-2-11-3-5-13(6-4-11)17-21(19,20)14-7-8-15(16)12(9-14)10-18/h7-9,11,13,17-18H,2-6,10H2,1H3. The molecule has 2 rings (SSSR count). The summed E-state index contributed by atoms with van der Waals surface area (Å²) in [5.74, 6) is 0.0949. The molecule has 4 nitrogen and oxygen atoms in total. The molecule has 0 aliphatic heterocycles. The summed E-state index contributed by atoms with van der Waals surface area (Å²) >= 11 is 0. The van der Waals surface area contributed by atoms with Gasteiger partial charge in [-0.1, -0.05) is 13.3 Å². The first-order chi connectivity index (χ1) is 9.96. The van der Waals surface area contributed by atoms with E-state index in [0.717, 1.165) is 38.2 Å². The molecule has 1 aliphatic rings. The molecule has 21 heavy (non-hydrogen) atoms. The number of benzene rings is 1. The molecule has 0 radical (unpaired) electrons. The second-order valence-corrected chi connectivity index (χ2v) is 7.37. The number of halogens is 1. The molecule has 1 fully saturated rings. The highest BCUT2D eigenvalue weighted by atomic mass is 32.2. The van der Waals surface area contributed by atoms with Crippen LogP contribution >= 0.6 is 0 Å². The van der Waals surface area contributed by atoms with Crippen molar-refractivity contribution in [3.05, 3.63) is 29.6 Å². The third-order valence-electron chi connectivity index (χ3n) is 4.24. The quantitative estimate of drug-likeness (QED) is 0.877. The van der Waals surface area contributed by atoms with E-state index in [1.165, 1.54) is 12.1 Å². The molecule has 1 aromatic rings. The zero-order chi connectivity index (χ0) is 15.5. The fourth-order valence-electron chi connectivity index (χ4n) is 2.82. The molecule has 2 N–H and O–H groups in total. The highest BCUT2D eigenvalue weighted by Gasteiger charge is 2.25. The van der Waals surface area contributed by atoms with Gasteiger partial charge in [0.25, 0.3) is 0 Å². The van der Waals surface area contributed by atoms with Crippen LogP contribution in [0.4, 0.5) is 4.39 Å². The molecule has 0 bridgehead atoms. The van der Waals surface area contributed by atoms with E-state index in [-0.39, 0.29) is 16.5 Å². The Kier molecular flexibility index (Phi) is 5.35. The monoisotopic (exact) mass is 315 g/mol. The molecule has 0 spiro atoms. The average Bonchev–Trinajstić information content (AvgIpc) is 2.48. The van der Waals surface area contributed by atoms with Gasteiger partial charge in [0.1, 0.15) is 5.82 Å². The number of nitrogens with one attached hydrogen (secondary N) is 1. The highest BCUT2D eigenvalue weighted by molar-refractivity contribution is 7.89. The Morgan fingerprint density at radius 3 is 2.52 bits per heavy atom. The van der Waals surface area contributed by atoms with Crippen LogP contribution in [0.15, 0.2) is 23.1 Å². The Balaban J connectivity index is 2.08. The van der Waals surface area contributed by atoms with Crippen molar-refractivity contribution in [2.24, 2.45) is 5.92 Å². The molecule has 0 atom stereocenters. The van der Waals surface area contributed by atoms with Crippen molar-refractivity contribution < 1.29 is 17.9 Å². The molecule has 6 heteroatoms. The average molecular weight is 315 g/mol. The zero-order valence-corrected chi connectivity index (χ0v) is 13.0. The van der Waals surface area contributed by atoms with Gasteiger partial charge in [-0.15, -0.1) is 0 Å². The zero-order valence-electron chi connectivity index (χ0n) is 12.2. The van der Waals surface area contributed by atoms with Crippen molar-refractivity contribution in [2.75, 3.05) is 0 Å². The Morgan fingerprint density at radius 1 is 1.29 bits per heavy atom. The van der Waals surface area contributed by atoms with E-state index in [4.69, 9.17) is 5.11 Å². The molecule has 0 saturated heterocycles. The molecule has 1 aliphatic carbocycles. The lowest BCUT2D eigenvalue weighted by molar-refractivity contribution is 0.275. The molecular formula is C15H22FNO3S. The lowest BCUT2D eigenvalue weighted by atomic mass is 9.85. The second kappa shape index (κ2) is 6.85. The lowest BCUT2D eigenvalue weighted by Crippen LogP contribution is -2.37. The van der Waals surface area contributed by atoms with E-state index >= 15 is 0 Å². The van der Waals surface area contributed by atoms with Gasteiger partial charge in [0.15, 0.2) is 0 Å². The highest BCUT2D eigenvalue weighted by Crippen LogP contribution is 2.27. The number of aliphatic hydroxyl groups is 1. The van der Waals surface area contributed by atoms with Crippen LogP contribution in [-0.4, -0.2) is 19.6 Å². The topological polar surface area (TPSA) is 66.4 Å². The van der Waals surface area contributed by atoms with Gasteiger partial charge in [-0.25, -0.2) is 17.5 Å². The molecule has 118 valence electrons. The van der Waals surface area contributed by atoms with Crippen molar-refractivity contribution in [1.82, 2.24) is 4.72 Å². The van der Waals surface area contributed by atoms with Crippen LogP contribution in [0.3, 0.4) is 0 Å². The van der Waals surface area contributed by atoms with Gasteiger partial charge >= 0.3 is 0 Å². The van der Waals surface area contributed by atoms with Gasteiger partial charge in [0.2, 0.25) is 10.0 Å². The van der Waals surface area contributed by atoms with Crippen LogP contribution in [0.1, 0.15) is 44.6 Å². The molecule has 1 saturated carbocycles. The maximum atomic E-state index is 13.3. The van der Waals surface area contributed by atoms with Gasteiger partial charge in [-0.05, 0) is 49.8 Å². The van der Waals surface area contributed by atoms with Gasteiger partial charge in [0, 0.05) is 11.6 Å². The van der Waals surface area contributed by atoms with Crippen molar-refractivity contribution in [1.29, 1.82) is 0 Å². The number of sulfonamides is 1. The van der Waals surface area contributed by atoms with Crippen LogP contribution in [-0.2, 0) is 16.6 Å². The third kappa shape index (κ3) is 4.02. The first kappa shape index (κ1) is 16.4. The summed E-state index contributed by atoms with van der Waals surface area (Å²) in [6.07, 6.45) is 4.89. The summed E-state index contributed by atoms with van der Waals surface area (Å²) in [4.78, 5) is 0.00515. The maximum absolute atomic E-state index is 13.3. The molecule has 0 unspecified atom stereocenters. The largest absolute Gasteiger partial charge is 0.392 e. The maximum Gasteiger partial charge on any atom is 0.240 e. The predicted molar refractivity (Wildman–Crippen MR) is 78.7 cm³/mol. The minimum absolute atomic E-state index is 0.00515. The Hall–Kier alpha value is -0.980. The van der Waals surface area contributed by atoms with Crippen molar-refractivity contribution in [3.8, 4) is 0 Å². The third-order valence-corrected chi connectivity index (χ3v) is 5.76. The smallest absolute Gasteiger partial charge is 0.240 e. The summed E-state index contributed by atoms with van der Waals surface area (Å²) in [7, 11) is -3.66. The predicted octanol–water partition coefficient (Wildman–Crippen LogP) is 2.57. The Bertz CT molecular complexity index is 581. The van der Waals surface area contributed by atoms with Gasteiger partial charge < -0.3 is 5.11 Å². The molecular weight excluding hydrogens is 293 g/mol. The minimum Gasteiger partial charge on any atom is -0.392 e. The first-order valence-electron chi connectivity index (χ1n) is 7.38. The number of hydrogen-bond donors (Lipinski definition) is 2. The molecule has 1 aromatic carbocycles. The SMILES string of the molecule is CCC1CCC(NS(=O)(=O)c2ccc(F)c(CO)c2)CC1. The van der Waals surface area contributed by atoms with Crippen LogP contribution in [0.25, 0.3) is 0 Å². The molecule has 0 heterocycles. The summed E-state index contributed by atoms with van der Waals surface area (Å²) in [5.41, 5.74) is -0.00688. The van der Waals surface area contributed by atoms with Crippen LogP contribution in [0.5, 0.6) is 0 Å². The van der Waals surface area contributed by atoms with E-state index in [2.05, 4.69) is 11.6 Å². The number of rotatable bonds is 5. The number of aliphatic hydroxyl groups excluding tert-OH is 1. The van der Waals surface area contributed by atoms with Gasteiger partial charge in [0.05, 0.1) is 11.5 Å². The fourth-order valence-corrected chi connectivity index (χ4v) is 4.17. The van der Waals surface area contributed by atoms with Gasteiger partial charge in [-0.2, -0.15) is 0 Å². The Morgan fingerprint density at radius 2 is 1.95 bits per heavy atom. The van der Waals surface area contributed by atoms with Crippen LogP contribution < -0.4 is 4.72 Å². The van der Waals surface area contributed by atoms with E-state index < -0.39 is 22.4 Å². The van der Waals surface area contributed by atoms with Crippen molar-refractivity contribution in [3.63, 3.8) is 0 Å². The van der Waals surface area contributed by atoms with Crippen LogP contribution in [0.2, 0.25) is 0 Å². The molecule has 0 amide bonds. The lowest BCUT2D eigenvalue weighted by Gasteiger charge is -2.28. The van der Waals surface area contributed by atoms with E-state index in [0.29, 0.717) is 5.92 Å². The van der Waals surface area contributed by atoms with Crippen molar-refractivity contribution in [2.45, 2.75) is 56.6 Å². The van der Waals surface area contributed by atoms with E-state index in [9.17, 15) is 12.8 Å². The minimum atomic E-state index is -3.66. The summed E-state index contributed by atoms with van der Waals surface area (Å²) < 4.78 is 40.6. The Labute approximate surface area is 125 Å². The number of hydrogen-bond acceptors (Lipinski definition) is 3. The summed E-state index contributed by atoms with van der Waals surface area (Å²) in [6, 6.07) is 3.44. The van der Waals surface area contributed by atoms with Gasteiger partial charge in [-0.3, -0.25) is 0 Å². The first-order valence-corrected chi connectivity index (χ1v) is 8.86. The second-order valence-electron chi connectivity index (χ2n) is 5.66.